The van der Waals surface area contributed by atoms with E-state index in [-0.39, 0.29) is 41.4 Å². The van der Waals surface area contributed by atoms with Crippen molar-refractivity contribution < 1.29 is 18.4 Å². The maximum absolute atomic E-state index is 13.3. The van der Waals surface area contributed by atoms with Crippen molar-refractivity contribution in [1.82, 2.24) is 5.32 Å². The summed E-state index contributed by atoms with van der Waals surface area (Å²) in [6.45, 7) is 0.350. The molecule has 0 bridgehead atoms. The van der Waals surface area contributed by atoms with Crippen molar-refractivity contribution in [2.24, 2.45) is 5.92 Å². The second kappa shape index (κ2) is 7.60. The molecule has 0 aliphatic carbocycles. The van der Waals surface area contributed by atoms with E-state index < -0.39 is 17.6 Å². The molecule has 1 N–H and O–H groups in total. The largest absolute Gasteiger partial charge is 0.352 e. The zero-order chi connectivity index (χ0) is 18.8. The summed E-state index contributed by atoms with van der Waals surface area (Å²) in [6, 6.07) is 8.16. The van der Waals surface area contributed by atoms with Gasteiger partial charge in [-0.3, -0.25) is 9.59 Å². The second-order valence-corrected chi connectivity index (χ2v) is 6.78. The van der Waals surface area contributed by atoms with E-state index in [0.29, 0.717) is 11.3 Å². The quantitative estimate of drug-likeness (QED) is 0.847. The minimum absolute atomic E-state index is 0.0212. The van der Waals surface area contributed by atoms with E-state index in [9.17, 15) is 18.4 Å². The standard InChI is InChI=1S/C18H14Cl2F2N2O2/c19-13-5-10(1-3-15(13)21)8-23-18(26)11-6-17(25)24(9-11)12-2-4-16(22)14(20)7-12/h1-5,7,11H,6,8-9H2,(H,23,26)/t11-/m0/s1. The first-order chi connectivity index (χ1) is 12.3. The Kier molecular flexibility index (Phi) is 5.44. The van der Waals surface area contributed by atoms with E-state index in [2.05, 4.69) is 5.32 Å². The number of carbonyl (C=O) groups excluding carboxylic acids is 2. The van der Waals surface area contributed by atoms with Gasteiger partial charge in [0, 0.05) is 25.2 Å². The molecular formula is C18H14Cl2F2N2O2. The Morgan fingerprint density at radius 1 is 1.12 bits per heavy atom. The molecule has 8 heteroatoms. The Bertz CT molecular complexity index is 876. The van der Waals surface area contributed by atoms with E-state index in [4.69, 9.17) is 23.2 Å². The summed E-state index contributed by atoms with van der Waals surface area (Å²) in [4.78, 5) is 25.9. The van der Waals surface area contributed by atoms with E-state index in [1.54, 1.807) is 0 Å². The topological polar surface area (TPSA) is 49.4 Å². The lowest BCUT2D eigenvalue weighted by molar-refractivity contribution is -0.126. The van der Waals surface area contributed by atoms with Crippen LogP contribution in [0.1, 0.15) is 12.0 Å². The lowest BCUT2D eigenvalue weighted by atomic mass is 10.1. The summed E-state index contributed by atoms with van der Waals surface area (Å²) in [5, 5.41) is 2.61. The highest BCUT2D eigenvalue weighted by atomic mass is 35.5. The van der Waals surface area contributed by atoms with Gasteiger partial charge in [0.2, 0.25) is 11.8 Å². The van der Waals surface area contributed by atoms with Crippen molar-refractivity contribution in [3.63, 3.8) is 0 Å². The lowest BCUT2D eigenvalue weighted by Crippen LogP contribution is -2.32. The van der Waals surface area contributed by atoms with Crippen LogP contribution < -0.4 is 10.2 Å². The molecule has 0 aromatic heterocycles. The number of anilines is 1. The zero-order valence-corrected chi connectivity index (χ0v) is 15.0. The molecule has 1 aliphatic rings. The van der Waals surface area contributed by atoms with Crippen LogP contribution in [0.3, 0.4) is 0 Å². The molecule has 2 aromatic rings. The van der Waals surface area contributed by atoms with E-state index in [0.717, 1.165) is 0 Å². The number of nitrogens with one attached hydrogen (secondary N) is 1. The van der Waals surface area contributed by atoms with Gasteiger partial charge >= 0.3 is 0 Å². The van der Waals surface area contributed by atoms with Gasteiger partial charge < -0.3 is 10.2 Å². The third-order valence-corrected chi connectivity index (χ3v) is 4.74. The second-order valence-electron chi connectivity index (χ2n) is 5.97. The monoisotopic (exact) mass is 398 g/mol. The van der Waals surface area contributed by atoms with Gasteiger partial charge in [-0.2, -0.15) is 0 Å². The van der Waals surface area contributed by atoms with E-state index in [1.165, 1.54) is 41.3 Å². The maximum atomic E-state index is 13.3. The molecule has 2 aromatic carbocycles. The minimum Gasteiger partial charge on any atom is -0.352 e. The molecular weight excluding hydrogens is 385 g/mol. The number of hydrogen-bond acceptors (Lipinski definition) is 2. The van der Waals surface area contributed by atoms with Crippen molar-refractivity contribution in [3.05, 3.63) is 63.6 Å². The minimum atomic E-state index is -0.575. The molecule has 1 heterocycles. The highest BCUT2D eigenvalue weighted by Gasteiger charge is 2.35. The third kappa shape index (κ3) is 3.97. The van der Waals surface area contributed by atoms with Gasteiger partial charge in [0.15, 0.2) is 0 Å². The van der Waals surface area contributed by atoms with Crippen molar-refractivity contribution >= 4 is 40.7 Å². The number of carbonyl (C=O) groups is 2. The highest BCUT2D eigenvalue weighted by molar-refractivity contribution is 6.31. The molecule has 2 amide bonds. The number of halogens is 4. The Morgan fingerprint density at radius 2 is 1.77 bits per heavy atom. The van der Waals surface area contributed by atoms with Gasteiger partial charge in [0.05, 0.1) is 16.0 Å². The molecule has 1 aliphatic heterocycles. The van der Waals surface area contributed by atoms with Crippen LogP contribution in [0, 0.1) is 17.6 Å². The fourth-order valence-corrected chi connectivity index (χ4v) is 3.15. The Morgan fingerprint density at radius 3 is 2.42 bits per heavy atom. The van der Waals surface area contributed by atoms with Gasteiger partial charge in [-0.05, 0) is 35.9 Å². The van der Waals surface area contributed by atoms with Crippen LogP contribution in [-0.2, 0) is 16.1 Å². The SMILES string of the molecule is O=C(NCc1ccc(F)c(Cl)c1)[C@H]1CC(=O)N(c2ccc(F)c(Cl)c2)C1. The van der Waals surface area contributed by atoms with Gasteiger partial charge in [-0.25, -0.2) is 8.78 Å². The van der Waals surface area contributed by atoms with E-state index in [1.807, 2.05) is 0 Å². The van der Waals surface area contributed by atoms with E-state index >= 15 is 0 Å². The van der Waals surface area contributed by atoms with Gasteiger partial charge in [0.25, 0.3) is 0 Å². The number of amides is 2. The van der Waals surface area contributed by atoms with Crippen molar-refractivity contribution in [2.75, 3.05) is 11.4 Å². The molecule has 1 fully saturated rings. The number of nitrogens with zero attached hydrogens (tertiary/aromatic N) is 1. The summed E-state index contributed by atoms with van der Waals surface area (Å²) < 4.78 is 26.4. The fourth-order valence-electron chi connectivity index (χ4n) is 2.77. The van der Waals surface area contributed by atoms with Crippen LogP contribution in [0.4, 0.5) is 14.5 Å². The summed E-state index contributed by atoms with van der Waals surface area (Å²) >= 11 is 11.5. The maximum Gasteiger partial charge on any atom is 0.227 e. The highest BCUT2D eigenvalue weighted by Crippen LogP contribution is 2.28. The molecule has 3 rings (SSSR count). The van der Waals surface area contributed by atoms with Crippen molar-refractivity contribution in [3.8, 4) is 0 Å². The van der Waals surface area contributed by atoms with Crippen molar-refractivity contribution in [2.45, 2.75) is 13.0 Å². The van der Waals surface area contributed by atoms with Crippen molar-refractivity contribution in [1.29, 1.82) is 0 Å². The van der Waals surface area contributed by atoms with Crippen LogP contribution in [0.2, 0.25) is 10.0 Å². The third-order valence-electron chi connectivity index (χ3n) is 4.16. The first kappa shape index (κ1) is 18.6. The molecule has 4 nitrogen and oxygen atoms in total. The average molecular weight is 399 g/mol. The summed E-state index contributed by atoms with van der Waals surface area (Å²) in [5.41, 5.74) is 1.10. The molecule has 1 saturated heterocycles. The first-order valence-electron chi connectivity index (χ1n) is 7.82. The Balaban J connectivity index is 1.63. The lowest BCUT2D eigenvalue weighted by Gasteiger charge is -2.17. The predicted molar refractivity (Wildman–Crippen MR) is 95.1 cm³/mol. The van der Waals surface area contributed by atoms with Crippen LogP contribution in [0.25, 0.3) is 0 Å². The molecule has 136 valence electrons. The number of rotatable bonds is 4. The van der Waals surface area contributed by atoms with Gasteiger partial charge in [-0.1, -0.05) is 29.3 Å². The predicted octanol–water partition coefficient (Wildman–Crippen LogP) is 3.94. The van der Waals surface area contributed by atoms with Crippen LogP contribution in [0.15, 0.2) is 36.4 Å². The summed E-state index contributed by atoms with van der Waals surface area (Å²) in [6.07, 6.45) is 0.0466. The zero-order valence-electron chi connectivity index (χ0n) is 13.4. The van der Waals surface area contributed by atoms with Crippen LogP contribution in [0.5, 0.6) is 0 Å². The Labute approximate surface area is 158 Å². The van der Waals surface area contributed by atoms with Gasteiger partial charge in [0.1, 0.15) is 11.6 Å². The molecule has 1 atom stereocenters. The Hall–Kier alpha value is -2.18. The molecule has 0 saturated carbocycles. The van der Waals surface area contributed by atoms with Crippen LogP contribution >= 0.6 is 23.2 Å². The molecule has 0 spiro atoms. The molecule has 0 unspecified atom stereocenters. The number of hydrogen-bond donors (Lipinski definition) is 1. The normalized spacial score (nSPS) is 16.8. The first-order valence-corrected chi connectivity index (χ1v) is 8.58. The average Bonchev–Trinajstić information content (AvgIpc) is 3.00. The summed E-state index contributed by atoms with van der Waals surface area (Å²) in [7, 11) is 0. The fraction of sp³-hybridized carbons (Fsp3) is 0.222. The molecule has 26 heavy (non-hydrogen) atoms. The van der Waals surface area contributed by atoms with Crippen LogP contribution in [-0.4, -0.2) is 18.4 Å². The summed E-state index contributed by atoms with van der Waals surface area (Å²) in [5.74, 6) is -2.18. The smallest absolute Gasteiger partial charge is 0.227 e. The van der Waals surface area contributed by atoms with Gasteiger partial charge in [-0.15, -0.1) is 0 Å². The number of benzene rings is 2. The molecule has 0 radical (unpaired) electrons.